The Morgan fingerprint density at radius 2 is 2.12 bits per heavy atom. The van der Waals surface area contributed by atoms with Crippen LogP contribution < -0.4 is 4.74 Å². The highest BCUT2D eigenvalue weighted by atomic mass is 79.9. The third kappa shape index (κ3) is 3.98. The number of benzene rings is 1. The Morgan fingerprint density at radius 3 is 2.88 bits per heavy atom. The van der Waals surface area contributed by atoms with Gasteiger partial charge in [-0.2, -0.15) is 0 Å². The van der Waals surface area contributed by atoms with Gasteiger partial charge in [-0.25, -0.2) is 0 Å². The van der Waals surface area contributed by atoms with Crippen molar-refractivity contribution >= 4 is 15.9 Å². The van der Waals surface area contributed by atoms with Gasteiger partial charge in [0.2, 0.25) is 0 Å². The number of alkyl halides is 1. The second-order valence-electron chi connectivity index (χ2n) is 3.89. The number of hydrogen-bond donors (Lipinski definition) is 0. The lowest BCUT2D eigenvalue weighted by Crippen LogP contribution is -2.17. The maximum absolute atomic E-state index is 5.64. The Hall–Kier alpha value is -0.580. The highest BCUT2D eigenvalue weighted by Crippen LogP contribution is 2.25. The number of hydrogen-bond acceptors (Lipinski definition) is 3. The summed E-state index contributed by atoms with van der Waals surface area (Å²) < 4.78 is 16.8. The molecule has 1 aliphatic rings. The van der Waals surface area contributed by atoms with Crippen LogP contribution in [0.15, 0.2) is 24.3 Å². The average molecular weight is 301 g/mol. The average Bonchev–Trinajstić information content (AvgIpc) is 2.41. The van der Waals surface area contributed by atoms with Gasteiger partial charge in [0.1, 0.15) is 5.75 Å². The van der Waals surface area contributed by atoms with Crippen LogP contribution in [0, 0.1) is 0 Å². The van der Waals surface area contributed by atoms with Crippen LogP contribution in [-0.2, 0) is 9.47 Å². The first kappa shape index (κ1) is 12.9. The molecule has 0 bridgehead atoms. The molecule has 0 aromatic heterocycles. The maximum Gasteiger partial charge on any atom is 0.183 e. The van der Waals surface area contributed by atoms with Crippen LogP contribution in [0.5, 0.6) is 5.75 Å². The molecule has 0 spiro atoms. The third-order valence-corrected chi connectivity index (χ3v) is 3.06. The zero-order valence-corrected chi connectivity index (χ0v) is 11.3. The van der Waals surface area contributed by atoms with Gasteiger partial charge in [-0.05, 0) is 25.0 Å². The summed E-state index contributed by atoms with van der Waals surface area (Å²) in [6.07, 6.45) is 1.74. The van der Waals surface area contributed by atoms with Crippen molar-refractivity contribution in [2.45, 2.75) is 19.1 Å². The van der Waals surface area contributed by atoms with Crippen molar-refractivity contribution < 1.29 is 14.2 Å². The van der Waals surface area contributed by atoms with E-state index < -0.39 is 0 Å². The lowest BCUT2D eigenvalue weighted by atomic mass is 10.2. The van der Waals surface area contributed by atoms with Gasteiger partial charge in [0, 0.05) is 10.9 Å². The molecule has 0 amide bonds. The summed E-state index contributed by atoms with van der Waals surface area (Å²) in [5.41, 5.74) is 1.03. The molecule has 2 rings (SSSR count). The first-order chi connectivity index (χ1) is 8.40. The monoisotopic (exact) mass is 300 g/mol. The molecular formula is C13H17BrO3. The predicted molar refractivity (Wildman–Crippen MR) is 69.6 cm³/mol. The van der Waals surface area contributed by atoms with Crippen LogP contribution >= 0.6 is 15.9 Å². The summed E-state index contributed by atoms with van der Waals surface area (Å²) in [7, 11) is 0. The van der Waals surface area contributed by atoms with Crippen LogP contribution in [0.25, 0.3) is 0 Å². The Labute approximate surface area is 110 Å². The van der Waals surface area contributed by atoms with Crippen molar-refractivity contribution in [3.8, 4) is 5.75 Å². The van der Waals surface area contributed by atoms with Crippen LogP contribution in [0.4, 0.5) is 0 Å². The number of rotatable bonds is 5. The smallest absolute Gasteiger partial charge is 0.183 e. The van der Waals surface area contributed by atoms with Gasteiger partial charge in [-0.3, -0.25) is 0 Å². The van der Waals surface area contributed by atoms with Gasteiger partial charge in [0.15, 0.2) is 6.29 Å². The molecule has 17 heavy (non-hydrogen) atoms. The molecule has 4 heteroatoms. The van der Waals surface area contributed by atoms with Crippen LogP contribution in [0.3, 0.4) is 0 Å². The van der Waals surface area contributed by atoms with Crippen molar-refractivity contribution in [3.05, 3.63) is 29.8 Å². The summed E-state index contributed by atoms with van der Waals surface area (Å²) in [6.45, 7) is 2.25. The van der Waals surface area contributed by atoms with E-state index in [1.165, 1.54) is 0 Å². The normalized spacial score (nSPS) is 17.0. The van der Waals surface area contributed by atoms with Gasteiger partial charge in [-0.15, -0.1) is 0 Å². The molecule has 94 valence electrons. The Kier molecular flexibility index (Phi) is 5.29. The lowest BCUT2D eigenvalue weighted by molar-refractivity contribution is -0.183. The van der Waals surface area contributed by atoms with E-state index in [0.29, 0.717) is 0 Å². The highest BCUT2D eigenvalue weighted by Gasteiger charge is 2.16. The van der Waals surface area contributed by atoms with E-state index in [2.05, 4.69) is 15.9 Å². The Balaban J connectivity index is 1.95. The number of ether oxygens (including phenoxy) is 3. The Morgan fingerprint density at radius 1 is 1.29 bits per heavy atom. The highest BCUT2D eigenvalue weighted by molar-refractivity contribution is 9.09. The molecule has 3 nitrogen and oxygen atoms in total. The first-order valence-electron chi connectivity index (χ1n) is 5.92. The van der Waals surface area contributed by atoms with Gasteiger partial charge in [-0.1, -0.05) is 28.1 Å². The van der Waals surface area contributed by atoms with E-state index in [9.17, 15) is 0 Å². The molecule has 1 saturated heterocycles. The molecule has 1 aromatic rings. The molecule has 0 radical (unpaired) electrons. The first-order valence-corrected chi connectivity index (χ1v) is 7.04. The molecule has 0 N–H and O–H groups in total. The molecule has 1 aromatic carbocycles. The minimum absolute atomic E-state index is 0.233. The van der Waals surface area contributed by atoms with Crippen molar-refractivity contribution in [2.24, 2.45) is 0 Å². The summed E-state index contributed by atoms with van der Waals surface area (Å²) in [4.78, 5) is 0. The van der Waals surface area contributed by atoms with E-state index in [0.717, 1.165) is 49.3 Å². The third-order valence-electron chi connectivity index (χ3n) is 2.50. The van der Waals surface area contributed by atoms with Gasteiger partial charge >= 0.3 is 0 Å². The van der Waals surface area contributed by atoms with E-state index >= 15 is 0 Å². The second kappa shape index (κ2) is 6.99. The summed E-state index contributed by atoms with van der Waals surface area (Å²) in [5, 5.41) is 0.960. The van der Waals surface area contributed by atoms with Crippen LogP contribution in [0.2, 0.25) is 0 Å². The summed E-state index contributed by atoms with van der Waals surface area (Å²) in [6, 6.07) is 7.93. The fraction of sp³-hybridized carbons (Fsp3) is 0.538. The number of halogens is 1. The summed E-state index contributed by atoms with van der Waals surface area (Å²) in [5.74, 6) is 0.876. The van der Waals surface area contributed by atoms with Crippen LogP contribution in [-0.4, -0.2) is 25.2 Å². The second-order valence-corrected chi connectivity index (χ2v) is 4.68. The van der Waals surface area contributed by atoms with Crippen molar-refractivity contribution in [1.82, 2.24) is 0 Å². The lowest BCUT2D eigenvalue weighted by Gasteiger charge is -2.23. The predicted octanol–water partition coefficient (Wildman–Crippen LogP) is 3.29. The van der Waals surface area contributed by atoms with E-state index in [1.54, 1.807) is 0 Å². The topological polar surface area (TPSA) is 27.7 Å². The minimum Gasteiger partial charge on any atom is -0.494 e. The molecule has 1 heterocycles. The minimum atomic E-state index is -0.233. The van der Waals surface area contributed by atoms with Gasteiger partial charge in [0.05, 0.1) is 19.8 Å². The van der Waals surface area contributed by atoms with E-state index in [4.69, 9.17) is 14.2 Å². The SMILES string of the molecule is BrCCCOc1cccc(C2OCCCO2)c1. The molecule has 0 unspecified atom stereocenters. The fourth-order valence-corrected chi connectivity index (χ4v) is 1.90. The molecule has 1 aliphatic heterocycles. The molecular weight excluding hydrogens is 284 g/mol. The molecule has 0 atom stereocenters. The van der Waals surface area contributed by atoms with Crippen LogP contribution in [0.1, 0.15) is 24.7 Å². The zero-order chi connectivity index (χ0) is 11.9. The quantitative estimate of drug-likeness (QED) is 0.617. The fourth-order valence-electron chi connectivity index (χ4n) is 1.68. The molecule has 1 fully saturated rings. The van der Waals surface area contributed by atoms with Crippen molar-refractivity contribution in [2.75, 3.05) is 25.2 Å². The largest absolute Gasteiger partial charge is 0.494 e. The van der Waals surface area contributed by atoms with Gasteiger partial charge in [0.25, 0.3) is 0 Å². The summed E-state index contributed by atoms with van der Waals surface area (Å²) >= 11 is 3.38. The van der Waals surface area contributed by atoms with E-state index in [-0.39, 0.29) is 6.29 Å². The maximum atomic E-state index is 5.64. The zero-order valence-electron chi connectivity index (χ0n) is 9.73. The Bertz CT molecular complexity index is 337. The molecule has 0 aliphatic carbocycles. The molecule has 0 saturated carbocycles. The van der Waals surface area contributed by atoms with Gasteiger partial charge < -0.3 is 14.2 Å². The van der Waals surface area contributed by atoms with E-state index in [1.807, 2.05) is 24.3 Å². The van der Waals surface area contributed by atoms with Crippen molar-refractivity contribution in [3.63, 3.8) is 0 Å². The van der Waals surface area contributed by atoms with Crippen molar-refractivity contribution in [1.29, 1.82) is 0 Å². The standard InChI is InChI=1S/C13H17BrO3/c14-6-2-7-15-12-5-1-4-11(10-12)13-16-8-3-9-17-13/h1,4-5,10,13H,2-3,6-9H2.